The lowest BCUT2D eigenvalue weighted by molar-refractivity contribution is 0.0941. The molecule has 1 atom stereocenters. The van der Waals surface area contributed by atoms with E-state index in [1.165, 1.54) is 12.5 Å². The van der Waals surface area contributed by atoms with Crippen LogP contribution in [0.25, 0.3) is 0 Å². The van der Waals surface area contributed by atoms with Crippen molar-refractivity contribution in [3.63, 3.8) is 0 Å². The van der Waals surface area contributed by atoms with Crippen molar-refractivity contribution in [2.45, 2.75) is 33.3 Å². The average molecular weight is 287 g/mol. The highest BCUT2D eigenvalue weighted by Gasteiger charge is 2.14. The first-order chi connectivity index (χ1) is 9.99. The topological polar surface area (TPSA) is 62.5 Å². The summed E-state index contributed by atoms with van der Waals surface area (Å²) < 4.78 is 4.93. The highest BCUT2D eigenvalue weighted by atomic mass is 16.3. The normalized spacial score (nSPS) is 12.2. The van der Waals surface area contributed by atoms with Crippen molar-refractivity contribution in [1.82, 2.24) is 5.32 Å². The van der Waals surface area contributed by atoms with E-state index < -0.39 is 6.10 Å². The van der Waals surface area contributed by atoms with Gasteiger partial charge in [0.15, 0.2) is 0 Å². The number of aliphatic hydroxyl groups excluding tert-OH is 1. The Morgan fingerprint density at radius 1 is 1.29 bits per heavy atom. The quantitative estimate of drug-likeness (QED) is 0.888. The summed E-state index contributed by atoms with van der Waals surface area (Å²) in [6, 6.07) is 5.73. The van der Waals surface area contributed by atoms with Crippen LogP contribution in [0.5, 0.6) is 0 Å². The van der Waals surface area contributed by atoms with Crippen LogP contribution in [0.1, 0.15) is 45.1 Å². The second-order valence-corrected chi connectivity index (χ2v) is 5.39. The van der Waals surface area contributed by atoms with Crippen molar-refractivity contribution < 1.29 is 14.3 Å². The molecule has 112 valence electrons. The second-order valence-electron chi connectivity index (χ2n) is 5.39. The Morgan fingerprint density at radius 3 is 2.52 bits per heavy atom. The molecule has 1 amide bonds. The molecular formula is C17H21NO3. The van der Waals surface area contributed by atoms with Gasteiger partial charge >= 0.3 is 0 Å². The molecule has 1 aromatic heterocycles. The van der Waals surface area contributed by atoms with Gasteiger partial charge in [0.2, 0.25) is 0 Å². The fraction of sp³-hybridized carbons (Fsp3) is 0.353. The highest BCUT2D eigenvalue weighted by Crippen LogP contribution is 2.18. The predicted molar refractivity (Wildman–Crippen MR) is 81.3 cm³/mol. The van der Waals surface area contributed by atoms with Crippen molar-refractivity contribution in [2.24, 2.45) is 0 Å². The van der Waals surface area contributed by atoms with E-state index in [0.717, 1.165) is 27.8 Å². The molecule has 0 aliphatic rings. The number of hydrogen-bond donors (Lipinski definition) is 2. The third-order valence-electron chi connectivity index (χ3n) is 3.54. The largest absolute Gasteiger partial charge is 0.472 e. The number of amides is 1. The maximum Gasteiger partial charge on any atom is 0.251 e. The van der Waals surface area contributed by atoms with Gasteiger partial charge in [-0.05, 0) is 44.4 Å². The summed E-state index contributed by atoms with van der Waals surface area (Å²) in [5.41, 5.74) is 4.54. The second kappa shape index (κ2) is 6.59. The number of aryl methyl sites for hydroxylation is 3. The zero-order chi connectivity index (χ0) is 15.4. The molecule has 0 aliphatic heterocycles. The van der Waals surface area contributed by atoms with Crippen LogP contribution in [0.4, 0.5) is 0 Å². The third kappa shape index (κ3) is 3.73. The molecule has 1 heterocycles. The van der Waals surface area contributed by atoms with Crippen molar-refractivity contribution in [3.05, 3.63) is 58.5 Å². The average Bonchev–Trinajstić information content (AvgIpc) is 2.91. The Balaban J connectivity index is 1.94. The molecule has 2 aromatic rings. The van der Waals surface area contributed by atoms with Gasteiger partial charge in [0.1, 0.15) is 0 Å². The molecule has 0 fully saturated rings. The smallest absolute Gasteiger partial charge is 0.251 e. The number of aliphatic hydroxyl groups is 1. The lowest BCUT2D eigenvalue weighted by atomic mass is 9.99. The van der Waals surface area contributed by atoms with Crippen molar-refractivity contribution in [2.75, 3.05) is 6.54 Å². The fourth-order valence-corrected chi connectivity index (χ4v) is 2.58. The van der Waals surface area contributed by atoms with Gasteiger partial charge in [0.25, 0.3) is 5.91 Å². The van der Waals surface area contributed by atoms with Crippen LogP contribution in [-0.2, 0) is 0 Å². The molecule has 4 nitrogen and oxygen atoms in total. The summed E-state index contributed by atoms with van der Waals surface area (Å²) >= 11 is 0. The number of nitrogens with one attached hydrogen (secondary N) is 1. The number of carbonyl (C=O) groups is 1. The van der Waals surface area contributed by atoms with Gasteiger partial charge in [-0.15, -0.1) is 0 Å². The number of carbonyl (C=O) groups excluding carboxylic acids is 1. The molecule has 0 bridgehead atoms. The van der Waals surface area contributed by atoms with Gasteiger partial charge < -0.3 is 14.8 Å². The van der Waals surface area contributed by atoms with Crippen molar-refractivity contribution >= 4 is 5.91 Å². The maximum absolute atomic E-state index is 12.3. The number of hydrogen-bond acceptors (Lipinski definition) is 3. The standard InChI is InChI=1S/C17H21NO3/c1-11-8-12(2)16(13(3)9-11)17(20)18-6-4-15(19)14-5-7-21-10-14/h5,7-10,15,19H,4,6H2,1-3H3,(H,18,20). The zero-order valence-corrected chi connectivity index (χ0v) is 12.6. The van der Waals surface area contributed by atoms with Crippen molar-refractivity contribution in [3.8, 4) is 0 Å². The number of rotatable bonds is 5. The first kappa shape index (κ1) is 15.3. The van der Waals surface area contributed by atoms with Crippen LogP contribution < -0.4 is 5.32 Å². The Bertz CT molecular complexity index is 594. The maximum atomic E-state index is 12.3. The Labute approximate surface area is 124 Å². The number of furan rings is 1. The van der Waals surface area contributed by atoms with Gasteiger partial charge in [0, 0.05) is 17.7 Å². The molecule has 0 saturated heterocycles. The SMILES string of the molecule is Cc1cc(C)c(C(=O)NCCC(O)c2ccoc2)c(C)c1. The Morgan fingerprint density at radius 2 is 1.95 bits per heavy atom. The van der Waals surface area contributed by atoms with E-state index in [9.17, 15) is 9.90 Å². The third-order valence-corrected chi connectivity index (χ3v) is 3.54. The van der Waals surface area contributed by atoms with Gasteiger partial charge in [-0.2, -0.15) is 0 Å². The van der Waals surface area contributed by atoms with E-state index in [2.05, 4.69) is 5.32 Å². The summed E-state index contributed by atoms with van der Waals surface area (Å²) in [5.74, 6) is -0.0932. The molecule has 1 aromatic carbocycles. The molecule has 4 heteroatoms. The summed E-state index contributed by atoms with van der Waals surface area (Å²) in [7, 11) is 0. The zero-order valence-electron chi connectivity index (χ0n) is 12.6. The van der Waals surface area contributed by atoms with Crippen LogP contribution in [-0.4, -0.2) is 17.6 Å². The molecule has 0 saturated carbocycles. The summed E-state index contributed by atoms with van der Waals surface area (Å²) in [4.78, 5) is 12.3. The minimum absolute atomic E-state index is 0.0932. The summed E-state index contributed by atoms with van der Waals surface area (Å²) in [5, 5.41) is 12.8. The monoisotopic (exact) mass is 287 g/mol. The van der Waals surface area contributed by atoms with E-state index in [1.807, 2.05) is 32.9 Å². The van der Waals surface area contributed by atoms with Gasteiger partial charge in [0.05, 0.1) is 18.6 Å². The molecule has 0 aliphatic carbocycles. The van der Waals surface area contributed by atoms with Crippen LogP contribution >= 0.6 is 0 Å². The van der Waals surface area contributed by atoms with Gasteiger partial charge in [-0.3, -0.25) is 4.79 Å². The molecular weight excluding hydrogens is 266 g/mol. The predicted octanol–water partition coefficient (Wildman–Crippen LogP) is 3.06. The molecule has 1 unspecified atom stereocenters. The van der Waals surface area contributed by atoms with Crippen molar-refractivity contribution in [1.29, 1.82) is 0 Å². The first-order valence-electron chi connectivity index (χ1n) is 7.05. The summed E-state index contributed by atoms with van der Waals surface area (Å²) in [6.07, 6.45) is 2.87. The Kier molecular flexibility index (Phi) is 4.81. The number of benzene rings is 1. The molecule has 21 heavy (non-hydrogen) atoms. The van der Waals surface area contributed by atoms with Crippen LogP contribution in [0, 0.1) is 20.8 Å². The lowest BCUT2D eigenvalue weighted by Gasteiger charge is -2.13. The minimum Gasteiger partial charge on any atom is -0.472 e. The molecule has 0 spiro atoms. The van der Waals surface area contributed by atoms with E-state index in [4.69, 9.17) is 4.42 Å². The van der Waals surface area contributed by atoms with Crippen LogP contribution in [0.15, 0.2) is 35.1 Å². The molecule has 2 rings (SSSR count). The van der Waals surface area contributed by atoms with Crippen LogP contribution in [0.3, 0.4) is 0 Å². The minimum atomic E-state index is -0.621. The van der Waals surface area contributed by atoms with E-state index in [1.54, 1.807) is 6.07 Å². The lowest BCUT2D eigenvalue weighted by Crippen LogP contribution is -2.27. The van der Waals surface area contributed by atoms with E-state index in [-0.39, 0.29) is 5.91 Å². The molecule has 0 radical (unpaired) electrons. The van der Waals surface area contributed by atoms with E-state index in [0.29, 0.717) is 13.0 Å². The summed E-state index contributed by atoms with van der Waals surface area (Å²) in [6.45, 7) is 6.31. The molecule has 2 N–H and O–H groups in total. The Hall–Kier alpha value is -2.07. The first-order valence-corrected chi connectivity index (χ1v) is 7.05. The highest BCUT2D eigenvalue weighted by molar-refractivity contribution is 5.97. The van der Waals surface area contributed by atoms with Gasteiger partial charge in [-0.1, -0.05) is 17.7 Å². The van der Waals surface area contributed by atoms with Crippen LogP contribution in [0.2, 0.25) is 0 Å². The van der Waals surface area contributed by atoms with Gasteiger partial charge in [-0.25, -0.2) is 0 Å². The fourth-order valence-electron chi connectivity index (χ4n) is 2.58. The van der Waals surface area contributed by atoms with E-state index >= 15 is 0 Å².